The summed E-state index contributed by atoms with van der Waals surface area (Å²) in [4.78, 5) is 30.5. The SMILES string of the molecule is CC[C@H]1OC(=O)[C@H](C)[C@@H](O[C@H]2C[C@@](C)(OC)[C@@H](OCC#N)[C@H](C)O2)[C@H](C)[C@@H](O[C@@H]2O[C@H](C)C[C@H](N(C)C)[C@H]2OCC#N)[C@@](C)(OC)C[C@@H](C)C(=O)[C@H](C)[C@@H](O)[C@]1(C)O. The van der Waals surface area contributed by atoms with Crippen LogP contribution in [0.1, 0.15) is 94.9 Å². The second-order valence-electron chi connectivity index (χ2n) is 17.5. The van der Waals surface area contributed by atoms with Crippen molar-refractivity contribution in [2.75, 3.05) is 41.5 Å². The molecule has 16 heteroatoms. The smallest absolute Gasteiger partial charge is 0.311 e. The number of cyclic esters (lactones) is 1. The lowest BCUT2D eigenvalue weighted by Gasteiger charge is -2.50. The van der Waals surface area contributed by atoms with Crippen LogP contribution < -0.4 is 0 Å². The Kier molecular flexibility index (Phi) is 18.1. The third kappa shape index (κ3) is 11.1. The average molecular weight is 826 g/mol. The Bertz CT molecular complexity index is 1440. The number of aliphatic hydroxyl groups excluding tert-OH is 1. The molecular weight excluding hydrogens is 754 g/mol. The van der Waals surface area contributed by atoms with Crippen molar-refractivity contribution in [3.05, 3.63) is 0 Å². The molecular formula is C42H71N3O13. The van der Waals surface area contributed by atoms with Gasteiger partial charge in [0.1, 0.15) is 42.9 Å². The minimum absolute atomic E-state index is 0.0962. The van der Waals surface area contributed by atoms with E-state index in [2.05, 4.69) is 6.07 Å². The monoisotopic (exact) mass is 825 g/mol. The highest BCUT2D eigenvalue weighted by Crippen LogP contribution is 2.42. The molecule has 0 radical (unpaired) electrons. The normalized spacial score (nSPS) is 44.8. The van der Waals surface area contributed by atoms with Crippen LogP contribution in [-0.2, 0) is 52.2 Å². The van der Waals surface area contributed by atoms with E-state index in [4.69, 9.17) is 42.6 Å². The second kappa shape index (κ2) is 21.0. The van der Waals surface area contributed by atoms with Crippen LogP contribution in [0.4, 0.5) is 0 Å². The van der Waals surface area contributed by atoms with Crippen molar-refractivity contribution in [1.29, 1.82) is 10.5 Å². The lowest BCUT2D eigenvalue weighted by molar-refractivity contribution is -0.323. The van der Waals surface area contributed by atoms with Crippen molar-refractivity contribution in [1.82, 2.24) is 4.90 Å². The van der Waals surface area contributed by atoms with Gasteiger partial charge >= 0.3 is 5.97 Å². The molecule has 18 atom stereocenters. The van der Waals surface area contributed by atoms with Crippen molar-refractivity contribution < 1.29 is 62.4 Å². The number of methoxy groups -OCH3 is 2. The molecule has 0 spiro atoms. The fourth-order valence-electron chi connectivity index (χ4n) is 9.31. The summed E-state index contributed by atoms with van der Waals surface area (Å²) < 4.78 is 57.1. The summed E-state index contributed by atoms with van der Waals surface area (Å²) in [5.74, 6) is -4.58. The molecule has 0 aromatic carbocycles. The highest BCUT2D eigenvalue weighted by Gasteiger charge is 2.54. The van der Waals surface area contributed by atoms with Gasteiger partial charge in [0.15, 0.2) is 12.6 Å². The van der Waals surface area contributed by atoms with Gasteiger partial charge in [0.05, 0.1) is 59.8 Å². The number of esters is 1. The third-order valence-corrected chi connectivity index (χ3v) is 12.9. The highest BCUT2D eigenvalue weighted by atomic mass is 16.7. The minimum atomic E-state index is -1.99. The van der Waals surface area contributed by atoms with Crippen LogP contribution in [0.25, 0.3) is 0 Å². The maximum absolute atomic E-state index is 14.4. The van der Waals surface area contributed by atoms with Gasteiger partial charge in [0.2, 0.25) is 0 Å². The van der Waals surface area contributed by atoms with Crippen LogP contribution in [0.3, 0.4) is 0 Å². The van der Waals surface area contributed by atoms with E-state index < -0.39 is 102 Å². The molecule has 0 unspecified atom stereocenters. The quantitative estimate of drug-likeness (QED) is 0.270. The summed E-state index contributed by atoms with van der Waals surface area (Å²) in [5, 5.41) is 42.1. The predicted octanol–water partition coefficient (Wildman–Crippen LogP) is 3.54. The zero-order chi connectivity index (χ0) is 43.9. The summed E-state index contributed by atoms with van der Waals surface area (Å²) in [6.45, 7) is 16.9. The molecule has 3 fully saturated rings. The number of rotatable bonds is 12. The van der Waals surface area contributed by atoms with Crippen molar-refractivity contribution in [3.8, 4) is 12.1 Å². The number of hydrogen-bond donors (Lipinski definition) is 2. The first-order valence-electron chi connectivity index (χ1n) is 20.6. The summed E-state index contributed by atoms with van der Waals surface area (Å²) in [6, 6.07) is 3.85. The van der Waals surface area contributed by atoms with Crippen LogP contribution in [0.15, 0.2) is 0 Å². The van der Waals surface area contributed by atoms with Gasteiger partial charge < -0.3 is 57.7 Å². The predicted molar refractivity (Wildman–Crippen MR) is 210 cm³/mol. The summed E-state index contributed by atoms with van der Waals surface area (Å²) in [5.41, 5.74) is -4.23. The molecule has 0 saturated carbocycles. The maximum Gasteiger partial charge on any atom is 0.311 e. The van der Waals surface area contributed by atoms with Crippen LogP contribution in [0.5, 0.6) is 0 Å². The fourth-order valence-corrected chi connectivity index (χ4v) is 9.31. The van der Waals surface area contributed by atoms with E-state index >= 15 is 0 Å². The number of Topliss-reactive ketones (excluding diaryl/α,β-unsaturated/α-hetero) is 1. The van der Waals surface area contributed by atoms with E-state index in [1.165, 1.54) is 14.0 Å². The number of nitrogens with zero attached hydrogens (tertiary/aromatic N) is 3. The van der Waals surface area contributed by atoms with Gasteiger partial charge in [-0.3, -0.25) is 9.59 Å². The maximum atomic E-state index is 14.4. The summed E-state index contributed by atoms with van der Waals surface area (Å²) in [6.07, 6.45) is -7.98. The lowest BCUT2D eigenvalue weighted by atomic mass is 9.74. The van der Waals surface area contributed by atoms with Gasteiger partial charge in [-0.1, -0.05) is 27.7 Å². The third-order valence-electron chi connectivity index (χ3n) is 12.9. The fraction of sp³-hybridized carbons (Fsp3) is 0.905. The molecule has 3 rings (SSSR count). The number of hydrogen-bond acceptors (Lipinski definition) is 16. The average Bonchev–Trinajstić information content (AvgIpc) is 3.17. The van der Waals surface area contributed by atoms with Gasteiger partial charge in [-0.05, 0) is 74.9 Å². The zero-order valence-corrected chi connectivity index (χ0v) is 37.1. The zero-order valence-electron chi connectivity index (χ0n) is 37.1. The van der Waals surface area contributed by atoms with E-state index in [1.807, 2.05) is 52.8 Å². The Hall–Kier alpha value is -2.32. The number of ether oxygens (including phenoxy) is 9. The lowest BCUT2D eigenvalue weighted by Crippen LogP contribution is -2.62. The van der Waals surface area contributed by atoms with Crippen LogP contribution in [0, 0.1) is 46.3 Å². The molecule has 0 bridgehead atoms. The van der Waals surface area contributed by atoms with Gasteiger partial charge in [-0.15, -0.1) is 0 Å². The van der Waals surface area contributed by atoms with Gasteiger partial charge in [-0.2, -0.15) is 10.5 Å². The molecule has 3 saturated heterocycles. The van der Waals surface area contributed by atoms with Crippen LogP contribution in [0.2, 0.25) is 0 Å². The first-order chi connectivity index (χ1) is 27.1. The number of carbonyl (C=O) groups is 2. The molecule has 16 nitrogen and oxygen atoms in total. The number of carbonyl (C=O) groups excluding carboxylic acids is 2. The van der Waals surface area contributed by atoms with Crippen LogP contribution >= 0.6 is 0 Å². The number of nitriles is 2. The molecule has 0 aliphatic carbocycles. The molecule has 58 heavy (non-hydrogen) atoms. The Morgan fingerprint density at radius 2 is 1.43 bits per heavy atom. The highest BCUT2D eigenvalue weighted by molar-refractivity contribution is 5.83. The van der Waals surface area contributed by atoms with Crippen molar-refractivity contribution in [2.24, 2.45) is 23.7 Å². The van der Waals surface area contributed by atoms with E-state index in [0.717, 1.165) is 0 Å². The van der Waals surface area contributed by atoms with Crippen molar-refractivity contribution >= 4 is 11.8 Å². The number of ketones is 1. The molecule has 3 heterocycles. The van der Waals surface area contributed by atoms with Crippen molar-refractivity contribution in [2.45, 2.75) is 179 Å². The molecule has 0 aromatic rings. The van der Waals surface area contributed by atoms with E-state index in [9.17, 15) is 30.3 Å². The Morgan fingerprint density at radius 1 is 0.845 bits per heavy atom. The second-order valence-corrected chi connectivity index (χ2v) is 17.5. The van der Waals surface area contributed by atoms with Gasteiger partial charge in [0, 0.05) is 44.4 Å². The summed E-state index contributed by atoms with van der Waals surface area (Å²) >= 11 is 0. The van der Waals surface area contributed by atoms with Crippen molar-refractivity contribution in [3.63, 3.8) is 0 Å². The van der Waals surface area contributed by atoms with E-state index in [0.29, 0.717) is 6.42 Å². The van der Waals surface area contributed by atoms with E-state index in [1.54, 1.807) is 41.7 Å². The Balaban J connectivity index is 2.26. The minimum Gasteiger partial charge on any atom is -0.459 e. The molecule has 0 aromatic heterocycles. The topological polar surface area (TPSA) is 208 Å². The Morgan fingerprint density at radius 3 is 1.98 bits per heavy atom. The van der Waals surface area contributed by atoms with E-state index in [-0.39, 0.29) is 50.4 Å². The first-order valence-corrected chi connectivity index (χ1v) is 20.6. The van der Waals surface area contributed by atoms with Crippen LogP contribution in [-0.4, -0.2) is 153 Å². The largest absolute Gasteiger partial charge is 0.459 e. The summed E-state index contributed by atoms with van der Waals surface area (Å²) in [7, 11) is 6.89. The number of likely N-dealkylation sites (N-methyl/N-ethyl adjacent to an activating group) is 1. The first kappa shape index (κ1) is 50.0. The van der Waals surface area contributed by atoms with Gasteiger partial charge in [0.25, 0.3) is 0 Å². The molecule has 2 N–H and O–H groups in total. The Labute approximate surface area is 345 Å². The van der Waals surface area contributed by atoms with Gasteiger partial charge in [-0.25, -0.2) is 0 Å². The number of aliphatic hydroxyl groups is 2. The molecule has 3 aliphatic rings. The molecule has 3 aliphatic heterocycles. The standard InChI is InChI=1S/C42H71N3O13/c1-15-30-42(10,49)35(47)25(4)32(46)23(2)21-40(8,50-13)36(58-39-34(52-18-16-43)29(45(11)12)20-24(3)54-39)26(5)33(27(6)38(48)56-30)57-31-22-41(9,51-14)37(28(7)55-31)53-19-17-44/h23-31,33-37,39,47,49H,15,18-22H2,1-14H3/t23-,24-,25+,26+,27-,28+,29+,30-,31+,33+,34-,35-,36-,37+,39+,40+,41-,42-/m1/s1. The molecule has 332 valence electrons. The molecule has 0 amide bonds.